The highest BCUT2D eigenvalue weighted by Gasteiger charge is 2.27. The number of hydrogen-bond acceptors (Lipinski definition) is 4. The van der Waals surface area contributed by atoms with Crippen LogP contribution in [-0.4, -0.2) is 48.4 Å². The average molecular weight is 315 g/mol. The molecule has 0 spiro atoms. The molecule has 2 heterocycles. The molecule has 1 fully saturated rings. The molecule has 8 heteroatoms. The minimum Gasteiger partial charge on any atom is -0.347 e. The Morgan fingerprint density at radius 2 is 2.14 bits per heavy atom. The Kier molecular flexibility index (Phi) is 5.74. The van der Waals surface area contributed by atoms with Crippen molar-refractivity contribution in [2.45, 2.75) is 39.3 Å². The Morgan fingerprint density at radius 3 is 2.71 bits per heavy atom. The SMILES string of the molecule is CC(C)NCC1CCN(S(=O)(=O)NCc2cnc[nH]2)CC1. The number of aromatic nitrogens is 2. The smallest absolute Gasteiger partial charge is 0.279 e. The molecule has 2 rings (SSSR count). The third-order valence-electron chi connectivity index (χ3n) is 3.73. The Morgan fingerprint density at radius 1 is 1.43 bits per heavy atom. The molecule has 1 aliphatic heterocycles. The zero-order valence-corrected chi connectivity index (χ0v) is 13.5. The summed E-state index contributed by atoms with van der Waals surface area (Å²) in [5.74, 6) is 0.562. The van der Waals surface area contributed by atoms with Crippen LogP contribution in [0.15, 0.2) is 12.5 Å². The van der Waals surface area contributed by atoms with Crippen molar-refractivity contribution in [3.8, 4) is 0 Å². The van der Waals surface area contributed by atoms with Gasteiger partial charge in [-0.05, 0) is 25.3 Å². The van der Waals surface area contributed by atoms with Crippen molar-refractivity contribution in [3.05, 3.63) is 18.2 Å². The minimum absolute atomic E-state index is 0.247. The first-order chi connectivity index (χ1) is 9.97. The number of hydrogen-bond donors (Lipinski definition) is 3. The summed E-state index contributed by atoms with van der Waals surface area (Å²) in [5.41, 5.74) is 0.759. The lowest BCUT2D eigenvalue weighted by atomic mass is 9.98. The lowest BCUT2D eigenvalue weighted by molar-refractivity contribution is 0.261. The topological polar surface area (TPSA) is 90.1 Å². The highest BCUT2D eigenvalue weighted by molar-refractivity contribution is 7.87. The maximum Gasteiger partial charge on any atom is 0.279 e. The van der Waals surface area contributed by atoms with E-state index in [0.717, 1.165) is 25.1 Å². The molecule has 0 bridgehead atoms. The zero-order valence-electron chi connectivity index (χ0n) is 12.7. The molecule has 0 radical (unpaired) electrons. The van der Waals surface area contributed by atoms with E-state index < -0.39 is 10.2 Å². The summed E-state index contributed by atoms with van der Waals surface area (Å²) in [5, 5.41) is 3.42. The monoisotopic (exact) mass is 315 g/mol. The van der Waals surface area contributed by atoms with E-state index >= 15 is 0 Å². The molecule has 0 saturated carbocycles. The van der Waals surface area contributed by atoms with E-state index in [2.05, 4.69) is 33.9 Å². The molecule has 0 aliphatic carbocycles. The molecule has 1 saturated heterocycles. The van der Waals surface area contributed by atoms with Crippen molar-refractivity contribution in [1.29, 1.82) is 0 Å². The van der Waals surface area contributed by atoms with E-state index in [0.29, 0.717) is 25.0 Å². The van der Waals surface area contributed by atoms with Gasteiger partial charge in [0.1, 0.15) is 0 Å². The Balaban J connectivity index is 1.77. The third kappa shape index (κ3) is 5.06. The highest BCUT2D eigenvalue weighted by atomic mass is 32.2. The summed E-state index contributed by atoms with van der Waals surface area (Å²) in [6, 6.07) is 0.475. The fraction of sp³-hybridized carbons (Fsp3) is 0.769. The molecule has 0 atom stereocenters. The van der Waals surface area contributed by atoms with Crippen LogP contribution in [0.5, 0.6) is 0 Å². The summed E-state index contributed by atoms with van der Waals surface area (Å²) in [6.07, 6.45) is 4.97. The molecule has 1 aromatic heterocycles. The number of rotatable bonds is 7. The van der Waals surface area contributed by atoms with Gasteiger partial charge in [0.15, 0.2) is 0 Å². The van der Waals surface area contributed by atoms with E-state index in [1.165, 1.54) is 10.6 Å². The number of H-pyrrole nitrogens is 1. The second-order valence-electron chi connectivity index (χ2n) is 5.81. The van der Waals surface area contributed by atoms with Crippen molar-refractivity contribution in [2.75, 3.05) is 19.6 Å². The van der Waals surface area contributed by atoms with E-state index in [9.17, 15) is 8.42 Å². The van der Waals surface area contributed by atoms with Crippen LogP contribution in [0, 0.1) is 5.92 Å². The Labute approximate surface area is 126 Å². The second-order valence-corrected chi connectivity index (χ2v) is 7.56. The van der Waals surface area contributed by atoms with Crippen LogP contribution in [0.25, 0.3) is 0 Å². The van der Waals surface area contributed by atoms with Gasteiger partial charge in [-0.2, -0.15) is 17.4 Å². The van der Waals surface area contributed by atoms with Crippen LogP contribution in [0.4, 0.5) is 0 Å². The van der Waals surface area contributed by atoms with Gasteiger partial charge in [-0.25, -0.2) is 4.98 Å². The van der Waals surface area contributed by atoms with E-state index in [4.69, 9.17) is 0 Å². The first kappa shape index (κ1) is 16.4. The maximum absolute atomic E-state index is 12.2. The van der Waals surface area contributed by atoms with Gasteiger partial charge in [-0.1, -0.05) is 13.8 Å². The van der Waals surface area contributed by atoms with Crippen molar-refractivity contribution in [1.82, 2.24) is 24.3 Å². The second kappa shape index (κ2) is 7.35. The predicted molar refractivity (Wildman–Crippen MR) is 81.8 cm³/mol. The van der Waals surface area contributed by atoms with Gasteiger partial charge in [-0.15, -0.1) is 0 Å². The molecule has 120 valence electrons. The van der Waals surface area contributed by atoms with Crippen LogP contribution in [0.3, 0.4) is 0 Å². The molecular formula is C13H25N5O2S. The summed E-state index contributed by atoms with van der Waals surface area (Å²) in [6.45, 7) is 6.63. The number of aromatic amines is 1. The number of piperidine rings is 1. The molecule has 1 aromatic rings. The number of nitrogens with zero attached hydrogens (tertiary/aromatic N) is 2. The first-order valence-corrected chi connectivity index (χ1v) is 8.87. The summed E-state index contributed by atoms with van der Waals surface area (Å²) in [7, 11) is -3.40. The van der Waals surface area contributed by atoms with Gasteiger partial charge < -0.3 is 10.3 Å². The van der Waals surface area contributed by atoms with Crippen LogP contribution in [0.1, 0.15) is 32.4 Å². The minimum atomic E-state index is -3.40. The van der Waals surface area contributed by atoms with Gasteiger partial charge in [-0.3, -0.25) is 0 Å². The summed E-state index contributed by atoms with van der Waals surface area (Å²) < 4.78 is 28.6. The predicted octanol–water partition coefficient (Wildman–Crippen LogP) is 0.454. The molecule has 3 N–H and O–H groups in total. The van der Waals surface area contributed by atoms with Gasteiger partial charge in [0.25, 0.3) is 10.2 Å². The fourth-order valence-corrected chi connectivity index (χ4v) is 3.61. The molecule has 7 nitrogen and oxygen atoms in total. The van der Waals surface area contributed by atoms with Gasteiger partial charge in [0.2, 0.25) is 0 Å². The van der Waals surface area contributed by atoms with E-state index in [1.54, 1.807) is 6.20 Å². The van der Waals surface area contributed by atoms with Crippen LogP contribution in [-0.2, 0) is 16.8 Å². The highest BCUT2D eigenvalue weighted by Crippen LogP contribution is 2.18. The third-order valence-corrected chi connectivity index (χ3v) is 5.28. The molecule has 1 aliphatic rings. The molecule has 0 unspecified atom stereocenters. The van der Waals surface area contributed by atoms with Gasteiger partial charge >= 0.3 is 0 Å². The van der Waals surface area contributed by atoms with Crippen LogP contribution < -0.4 is 10.0 Å². The van der Waals surface area contributed by atoms with Crippen molar-refractivity contribution in [2.24, 2.45) is 5.92 Å². The van der Waals surface area contributed by atoms with Crippen molar-refractivity contribution in [3.63, 3.8) is 0 Å². The average Bonchev–Trinajstić information content (AvgIpc) is 2.97. The van der Waals surface area contributed by atoms with E-state index in [-0.39, 0.29) is 6.54 Å². The van der Waals surface area contributed by atoms with Gasteiger partial charge in [0, 0.05) is 31.0 Å². The Bertz CT molecular complexity index is 507. The van der Waals surface area contributed by atoms with Gasteiger partial charge in [0.05, 0.1) is 12.9 Å². The van der Waals surface area contributed by atoms with Crippen molar-refractivity contribution < 1.29 is 8.42 Å². The molecule has 0 aromatic carbocycles. The van der Waals surface area contributed by atoms with Crippen molar-refractivity contribution >= 4 is 10.2 Å². The molecular weight excluding hydrogens is 290 g/mol. The molecule has 0 amide bonds. The normalized spacial score (nSPS) is 18.4. The molecule has 21 heavy (non-hydrogen) atoms. The number of imidazole rings is 1. The van der Waals surface area contributed by atoms with E-state index in [1.807, 2.05) is 0 Å². The lowest BCUT2D eigenvalue weighted by Gasteiger charge is -2.31. The summed E-state index contributed by atoms with van der Waals surface area (Å²) >= 11 is 0. The standard InChI is InChI=1S/C13H25N5O2S/c1-11(2)15-7-12-3-5-18(6-4-12)21(19,20)17-9-13-8-14-10-16-13/h8,10-12,15,17H,3-7,9H2,1-2H3,(H,14,16). The quantitative estimate of drug-likeness (QED) is 0.681. The number of nitrogens with one attached hydrogen (secondary N) is 3. The summed E-state index contributed by atoms with van der Waals surface area (Å²) in [4.78, 5) is 6.75. The fourth-order valence-electron chi connectivity index (χ4n) is 2.40. The maximum atomic E-state index is 12.2. The largest absolute Gasteiger partial charge is 0.347 e. The zero-order chi connectivity index (χ0) is 15.3. The first-order valence-electron chi connectivity index (χ1n) is 7.43. The van der Waals surface area contributed by atoms with Crippen LogP contribution in [0.2, 0.25) is 0 Å². The lowest BCUT2D eigenvalue weighted by Crippen LogP contribution is -2.46. The Hall–Kier alpha value is -0.960. The van der Waals surface area contributed by atoms with Crippen LogP contribution >= 0.6 is 0 Å².